The Kier molecular flexibility index (Phi) is 8.92. The summed E-state index contributed by atoms with van der Waals surface area (Å²) in [5.74, 6) is -1.06. The molecule has 1 aliphatic rings. The van der Waals surface area contributed by atoms with Gasteiger partial charge in [0.25, 0.3) is 5.91 Å². The maximum absolute atomic E-state index is 13.2. The molecule has 3 rings (SSSR count). The third-order valence-electron chi connectivity index (χ3n) is 6.08. The van der Waals surface area contributed by atoms with Crippen LogP contribution in [0.5, 0.6) is 5.75 Å². The van der Waals surface area contributed by atoms with Crippen molar-refractivity contribution in [2.45, 2.75) is 50.7 Å². The van der Waals surface area contributed by atoms with E-state index >= 15 is 0 Å². The minimum absolute atomic E-state index is 0.0212. The Balaban J connectivity index is 1.86. The number of likely N-dealkylation sites (tertiary alicyclic amines) is 1. The molecule has 0 radical (unpaired) electrons. The summed E-state index contributed by atoms with van der Waals surface area (Å²) in [7, 11) is -3.59. The van der Waals surface area contributed by atoms with Crippen LogP contribution in [0.4, 0.5) is 13.2 Å². The first-order valence-electron chi connectivity index (χ1n) is 11.5. The van der Waals surface area contributed by atoms with Crippen LogP contribution in [0.1, 0.15) is 54.3 Å². The molecule has 3 N–H and O–H groups in total. The lowest BCUT2D eigenvalue weighted by Crippen LogP contribution is -2.41. The van der Waals surface area contributed by atoms with Crippen LogP contribution in [0.25, 0.3) is 0 Å². The summed E-state index contributed by atoms with van der Waals surface area (Å²) in [6.45, 7) is 4.62. The van der Waals surface area contributed by atoms with E-state index in [1.54, 1.807) is 0 Å². The molecule has 1 fully saturated rings. The van der Waals surface area contributed by atoms with Crippen molar-refractivity contribution in [2.75, 3.05) is 18.8 Å². The van der Waals surface area contributed by atoms with E-state index in [2.05, 4.69) is 17.0 Å². The first-order valence-corrected chi connectivity index (χ1v) is 13.5. The van der Waals surface area contributed by atoms with E-state index in [1.165, 1.54) is 37.3 Å². The van der Waals surface area contributed by atoms with Crippen molar-refractivity contribution in [1.29, 1.82) is 0 Å². The highest BCUT2D eigenvalue weighted by Crippen LogP contribution is 2.34. The highest BCUT2D eigenvalue weighted by atomic mass is 35.5. The number of hydrogen-bond donors (Lipinski definition) is 2. The molecule has 36 heavy (non-hydrogen) atoms. The molecule has 0 saturated carbocycles. The van der Waals surface area contributed by atoms with E-state index in [1.807, 2.05) is 4.90 Å². The van der Waals surface area contributed by atoms with Crippen LogP contribution >= 0.6 is 11.6 Å². The zero-order valence-electron chi connectivity index (χ0n) is 19.9. The number of sulfone groups is 1. The minimum atomic E-state index is -4.98. The lowest BCUT2D eigenvalue weighted by molar-refractivity contribution is -0.275. The second-order valence-corrected chi connectivity index (χ2v) is 11.5. The average molecular weight is 548 g/mol. The molecule has 1 unspecified atom stereocenters. The first-order chi connectivity index (χ1) is 16.8. The van der Waals surface area contributed by atoms with Crippen LogP contribution in [0.15, 0.2) is 41.3 Å². The molecule has 198 valence electrons. The molecular weight excluding hydrogens is 519 g/mol. The lowest BCUT2D eigenvalue weighted by atomic mass is 9.98. The number of carbonyl (C=O) groups is 1. The SMILES string of the molecule is CCS(=O)(=O)c1ccc(Cl)cc1CNC(=O)c1ccc([C@@H](N)N2CCCC(C)C2)c(OC(F)(F)F)c1. The summed E-state index contributed by atoms with van der Waals surface area (Å²) >= 11 is 6.00. The number of carbonyl (C=O) groups excluding carboxylic acids is 1. The quantitative estimate of drug-likeness (QED) is 0.499. The van der Waals surface area contributed by atoms with E-state index in [-0.39, 0.29) is 38.9 Å². The number of hydrogen-bond acceptors (Lipinski definition) is 6. The van der Waals surface area contributed by atoms with Crippen molar-refractivity contribution in [3.63, 3.8) is 0 Å². The third kappa shape index (κ3) is 7.12. The largest absolute Gasteiger partial charge is 0.573 e. The summed E-state index contributed by atoms with van der Waals surface area (Å²) in [6.07, 6.45) is -3.93. The van der Waals surface area contributed by atoms with E-state index in [9.17, 15) is 26.4 Å². The molecule has 7 nitrogen and oxygen atoms in total. The fourth-order valence-electron chi connectivity index (χ4n) is 4.23. The van der Waals surface area contributed by atoms with Gasteiger partial charge in [-0.1, -0.05) is 31.5 Å². The maximum atomic E-state index is 13.2. The number of halogens is 4. The van der Waals surface area contributed by atoms with Gasteiger partial charge in [0.1, 0.15) is 5.75 Å². The van der Waals surface area contributed by atoms with Crippen LogP contribution in [0.3, 0.4) is 0 Å². The van der Waals surface area contributed by atoms with Gasteiger partial charge in [-0.3, -0.25) is 9.69 Å². The van der Waals surface area contributed by atoms with Gasteiger partial charge in [0.2, 0.25) is 0 Å². The molecule has 12 heteroatoms. The van der Waals surface area contributed by atoms with E-state index < -0.39 is 34.0 Å². The summed E-state index contributed by atoms with van der Waals surface area (Å²) in [4.78, 5) is 14.7. The standard InChI is InChI=1S/C24H29ClF3N3O4S/c1-3-36(33,34)21-9-7-18(25)11-17(21)13-30-23(32)16-6-8-19(20(12-16)35-24(26,27)28)22(29)31-10-4-5-15(2)14-31/h6-9,11-12,15,22H,3-5,10,13-14,29H2,1-2H3,(H,30,32)/t15?,22-/m0/s1. The number of nitrogens with zero attached hydrogens (tertiary/aromatic N) is 1. The van der Waals surface area contributed by atoms with Crippen LogP contribution in [-0.4, -0.2) is 44.4 Å². The Morgan fingerprint density at radius 2 is 2.00 bits per heavy atom. The number of rotatable bonds is 8. The Morgan fingerprint density at radius 1 is 1.28 bits per heavy atom. The molecule has 1 saturated heterocycles. The molecule has 2 aromatic carbocycles. The van der Waals surface area contributed by atoms with E-state index in [4.69, 9.17) is 17.3 Å². The second-order valence-electron chi connectivity index (χ2n) is 8.83. The number of piperidine rings is 1. The minimum Gasteiger partial charge on any atom is -0.405 e. The monoisotopic (exact) mass is 547 g/mol. The van der Waals surface area contributed by atoms with Gasteiger partial charge < -0.3 is 15.8 Å². The maximum Gasteiger partial charge on any atom is 0.573 e. The summed E-state index contributed by atoms with van der Waals surface area (Å²) in [6, 6.07) is 7.92. The highest BCUT2D eigenvalue weighted by molar-refractivity contribution is 7.91. The Labute approximate surface area is 213 Å². The van der Waals surface area contributed by atoms with Crippen LogP contribution in [0.2, 0.25) is 5.02 Å². The Hall–Kier alpha value is -2.34. The molecule has 1 aliphatic heterocycles. The molecule has 0 bridgehead atoms. The second kappa shape index (κ2) is 11.4. The number of ether oxygens (including phenoxy) is 1. The summed E-state index contributed by atoms with van der Waals surface area (Å²) < 4.78 is 68.5. The van der Waals surface area contributed by atoms with Crippen molar-refractivity contribution in [1.82, 2.24) is 10.2 Å². The highest BCUT2D eigenvalue weighted by Gasteiger charge is 2.34. The molecule has 1 amide bonds. The van der Waals surface area contributed by atoms with Crippen molar-refractivity contribution >= 4 is 27.3 Å². The Morgan fingerprint density at radius 3 is 2.64 bits per heavy atom. The topological polar surface area (TPSA) is 102 Å². The zero-order chi connectivity index (χ0) is 26.7. The van der Waals surface area contributed by atoms with Gasteiger partial charge in [-0.05, 0) is 61.2 Å². The molecule has 0 spiro atoms. The number of nitrogens with one attached hydrogen (secondary N) is 1. The average Bonchev–Trinajstić information content (AvgIpc) is 2.81. The van der Waals surface area contributed by atoms with Crippen LogP contribution in [-0.2, 0) is 16.4 Å². The number of benzene rings is 2. The summed E-state index contributed by atoms with van der Waals surface area (Å²) in [5.41, 5.74) is 6.59. The van der Waals surface area contributed by atoms with Crippen molar-refractivity contribution < 1.29 is 31.1 Å². The zero-order valence-corrected chi connectivity index (χ0v) is 21.5. The molecule has 1 heterocycles. The van der Waals surface area contributed by atoms with Crippen LogP contribution < -0.4 is 15.8 Å². The third-order valence-corrected chi connectivity index (χ3v) is 8.14. The molecule has 2 aromatic rings. The van der Waals surface area contributed by atoms with Crippen LogP contribution in [0, 0.1) is 5.92 Å². The molecule has 2 atom stereocenters. The fourth-order valence-corrected chi connectivity index (χ4v) is 5.54. The summed E-state index contributed by atoms with van der Waals surface area (Å²) in [5, 5.41) is 2.82. The first kappa shape index (κ1) is 28.2. The Bertz CT molecular complexity index is 1210. The van der Waals surface area contributed by atoms with Crippen molar-refractivity contribution in [3.8, 4) is 5.75 Å². The molecule has 0 aromatic heterocycles. The smallest absolute Gasteiger partial charge is 0.405 e. The van der Waals surface area contributed by atoms with E-state index in [0.717, 1.165) is 18.9 Å². The normalized spacial score (nSPS) is 18.0. The van der Waals surface area contributed by atoms with Gasteiger partial charge in [0, 0.05) is 29.2 Å². The van der Waals surface area contributed by atoms with Gasteiger partial charge in [0.15, 0.2) is 9.84 Å². The van der Waals surface area contributed by atoms with Gasteiger partial charge in [-0.15, -0.1) is 13.2 Å². The van der Waals surface area contributed by atoms with Gasteiger partial charge >= 0.3 is 6.36 Å². The molecule has 0 aliphatic carbocycles. The molecular formula is C24H29ClF3N3O4S. The van der Waals surface area contributed by atoms with E-state index in [0.29, 0.717) is 19.0 Å². The van der Waals surface area contributed by atoms with Crippen molar-refractivity contribution in [2.24, 2.45) is 11.7 Å². The van der Waals surface area contributed by atoms with Crippen molar-refractivity contribution in [3.05, 3.63) is 58.1 Å². The fraction of sp³-hybridized carbons (Fsp3) is 0.458. The predicted octanol–water partition coefficient (Wildman–Crippen LogP) is 4.65. The van der Waals surface area contributed by atoms with Gasteiger partial charge in [-0.2, -0.15) is 0 Å². The van der Waals surface area contributed by atoms with Gasteiger partial charge in [-0.25, -0.2) is 8.42 Å². The number of amides is 1. The lowest BCUT2D eigenvalue weighted by Gasteiger charge is -2.36. The number of alkyl halides is 3. The van der Waals surface area contributed by atoms with Gasteiger partial charge in [0.05, 0.1) is 16.8 Å². The predicted molar refractivity (Wildman–Crippen MR) is 130 cm³/mol. The number of nitrogens with two attached hydrogens (primary N) is 1.